The number of hydrogen-bond acceptors (Lipinski definition) is 3. The Morgan fingerprint density at radius 3 is 2.68 bits per heavy atom. The van der Waals surface area contributed by atoms with Gasteiger partial charge in [-0.1, -0.05) is 0 Å². The molecule has 1 N–H and O–H groups in total. The molecule has 0 aromatic heterocycles. The minimum atomic E-state index is -3.07. The fraction of sp³-hybridized carbons (Fsp3) is 0.538. The smallest absolute Gasteiger partial charge is 0.152 e. The van der Waals surface area contributed by atoms with Gasteiger partial charge in [-0.15, -0.1) is 0 Å². The van der Waals surface area contributed by atoms with E-state index in [4.69, 9.17) is 0 Å². The van der Waals surface area contributed by atoms with Crippen LogP contribution in [-0.4, -0.2) is 26.0 Å². The van der Waals surface area contributed by atoms with Crippen LogP contribution in [0.1, 0.15) is 24.8 Å². The van der Waals surface area contributed by atoms with E-state index in [2.05, 4.69) is 21.2 Å². The van der Waals surface area contributed by atoms with Gasteiger partial charge in [-0.05, 0) is 59.8 Å². The van der Waals surface area contributed by atoms with Crippen molar-refractivity contribution < 1.29 is 12.8 Å². The first kappa shape index (κ1) is 14.8. The predicted octanol–water partition coefficient (Wildman–Crippen LogP) is 3.27. The van der Waals surface area contributed by atoms with Gasteiger partial charge in [-0.25, -0.2) is 12.8 Å². The van der Waals surface area contributed by atoms with E-state index >= 15 is 0 Å². The molecule has 1 aromatic carbocycles. The highest BCUT2D eigenvalue weighted by atomic mass is 79.9. The first-order valence-electron chi connectivity index (χ1n) is 6.20. The molecule has 1 aliphatic rings. The van der Waals surface area contributed by atoms with E-state index in [0.717, 1.165) is 18.4 Å². The van der Waals surface area contributed by atoms with Gasteiger partial charge in [0.1, 0.15) is 5.82 Å². The van der Waals surface area contributed by atoms with Crippen LogP contribution in [0.25, 0.3) is 0 Å². The van der Waals surface area contributed by atoms with Crippen molar-refractivity contribution in [3.8, 4) is 0 Å². The van der Waals surface area contributed by atoms with Crippen molar-refractivity contribution in [1.29, 1.82) is 0 Å². The summed E-state index contributed by atoms with van der Waals surface area (Å²) in [6, 6.07) is 2.98. The lowest BCUT2D eigenvalue weighted by molar-refractivity contribution is 0.579. The Labute approximate surface area is 121 Å². The molecular weight excluding hydrogens is 333 g/mol. The Kier molecular flexibility index (Phi) is 4.20. The van der Waals surface area contributed by atoms with E-state index in [1.54, 1.807) is 6.07 Å². The van der Waals surface area contributed by atoms with Crippen LogP contribution in [0.3, 0.4) is 0 Å². The average molecular weight is 350 g/mol. The molecule has 1 aromatic rings. The molecule has 2 rings (SSSR count). The Morgan fingerprint density at radius 2 is 2.05 bits per heavy atom. The fourth-order valence-electron chi connectivity index (χ4n) is 2.61. The minimum Gasteiger partial charge on any atom is -0.381 e. The lowest BCUT2D eigenvalue weighted by Crippen LogP contribution is -2.34. The number of halogens is 2. The zero-order valence-electron chi connectivity index (χ0n) is 10.9. The molecule has 0 amide bonds. The van der Waals surface area contributed by atoms with Gasteiger partial charge >= 0.3 is 0 Å². The van der Waals surface area contributed by atoms with Crippen molar-refractivity contribution >= 4 is 31.5 Å². The number of rotatable bonds is 3. The molecule has 0 radical (unpaired) electrons. The lowest BCUT2D eigenvalue weighted by Gasteiger charge is -2.22. The highest BCUT2D eigenvalue weighted by molar-refractivity contribution is 9.10. The fourth-order valence-corrected chi connectivity index (χ4v) is 4.46. The van der Waals surface area contributed by atoms with Crippen molar-refractivity contribution in [2.75, 3.05) is 11.6 Å². The summed E-state index contributed by atoms with van der Waals surface area (Å²) in [7, 11) is -3.07. The maximum absolute atomic E-state index is 13.6. The van der Waals surface area contributed by atoms with Crippen LogP contribution in [0.2, 0.25) is 0 Å². The van der Waals surface area contributed by atoms with Gasteiger partial charge in [-0.3, -0.25) is 0 Å². The van der Waals surface area contributed by atoms with E-state index in [1.165, 1.54) is 12.3 Å². The van der Waals surface area contributed by atoms with Crippen molar-refractivity contribution in [3.05, 3.63) is 28.0 Å². The van der Waals surface area contributed by atoms with Gasteiger partial charge in [0.2, 0.25) is 0 Å². The molecule has 1 fully saturated rings. The van der Waals surface area contributed by atoms with Gasteiger partial charge in [0.05, 0.1) is 9.72 Å². The van der Waals surface area contributed by atoms with Crippen molar-refractivity contribution in [2.24, 2.45) is 0 Å². The molecule has 19 heavy (non-hydrogen) atoms. The summed E-state index contributed by atoms with van der Waals surface area (Å²) in [6.45, 7) is 1.87. The molecule has 6 heteroatoms. The van der Waals surface area contributed by atoms with E-state index < -0.39 is 9.84 Å². The van der Waals surface area contributed by atoms with Crippen LogP contribution in [0.15, 0.2) is 16.6 Å². The maximum atomic E-state index is 13.6. The molecule has 0 bridgehead atoms. The summed E-state index contributed by atoms with van der Waals surface area (Å²) < 4.78 is 37.4. The van der Waals surface area contributed by atoms with Crippen LogP contribution >= 0.6 is 15.9 Å². The summed E-state index contributed by atoms with van der Waals surface area (Å²) in [5.74, 6) is -0.345. The Balaban J connectivity index is 2.24. The van der Waals surface area contributed by atoms with Crippen LogP contribution in [0.4, 0.5) is 10.1 Å². The number of sulfone groups is 1. The SMILES string of the molecule is Cc1cc(Br)c(F)cc1NC1CCCC1S(C)(=O)=O. The second kappa shape index (κ2) is 5.40. The van der Waals surface area contributed by atoms with Crippen LogP contribution in [-0.2, 0) is 9.84 Å². The molecule has 0 aliphatic heterocycles. The highest BCUT2D eigenvalue weighted by Crippen LogP contribution is 2.30. The molecule has 0 heterocycles. The number of aryl methyl sites for hydroxylation is 1. The van der Waals surface area contributed by atoms with Crippen LogP contribution in [0.5, 0.6) is 0 Å². The quantitative estimate of drug-likeness (QED) is 0.910. The van der Waals surface area contributed by atoms with Crippen molar-refractivity contribution in [3.63, 3.8) is 0 Å². The monoisotopic (exact) mass is 349 g/mol. The third-order valence-electron chi connectivity index (χ3n) is 3.61. The maximum Gasteiger partial charge on any atom is 0.152 e. The molecule has 0 saturated heterocycles. The standard InChI is InChI=1S/C13H17BrFNO2S/c1-8-6-9(14)10(15)7-12(8)16-11-4-3-5-13(11)19(2,17)18/h6-7,11,13,16H,3-5H2,1-2H3. The summed E-state index contributed by atoms with van der Waals surface area (Å²) in [5, 5.41) is 2.82. The van der Waals surface area contributed by atoms with Crippen molar-refractivity contribution in [2.45, 2.75) is 37.5 Å². The summed E-state index contributed by atoms with van der Waals surface area (Å²) in [5.41, 5.74) is 1.56. The largest absolute Gasteiger partial charge is 0.381 e. The first-order chi connectivity index (χ1) is 8.79. The third-order valence-corrected chi connectivity index (χ3v) is 5.88. The Morgan fingerprint density at radius 1 is 1.37 bits per heavy atom. The Bertz CT molecular complexity index is 589. The molecule has 0 spiro atoms. The van der Waals surface area contributed by atoms with Crippen LogP contribution < -0.4 is 5.32 Å². The second-order valence-electron chi connectivity index (χ2n) is 5.13. The summed E-state index contributed by atoms with van der Waals surface area (Å²) in [6.07, 6.45) is 3.63. The summed E-state index contributed by atoms with van der Waals surface area (Å²) in [4.78, 5) is 0. The number of nitrogens with one attached hydrogen (secondary N) is 1. The average Bonchev–Trinajstić information content (AvgIpc) is 2.73. The summed E-state index contributed by atoms with van der Waals surface area (Å²) >= 11 is 3.14. The lowest BCUT2D eigenvalue weighted by atomic mass is 10.1. The van der Waals surface area contributed by atoms with E-state index in [0.29, 0.717) is 16.6 Å². The minimum absolute atomic E-state index is 0.130. The first-order valence-corrected chi connectivity index (χ1v) is 8.95. The van der Waals surface area contributed by atoms with Crippen molar-refractivity contribution in [1.82, 2.24) is 0 Å². The second-order valence-corrected chi connectivity index (χ2v) is 8.25. The van der Waals surface area contributed by atoms with Gasteiger partial charge in [0.15, 0.2) is 9.84 Å². The molecule has 2 atom stereocenters. The van der Waals surface area contributed by atoms with Crippen LogP contribution in [0, 0.1) is 12.7 Å². The topological polar surface area (TPSA) is 46.2 Å². The van der Waals surface area contributed by atoms with E-state index in [9.17, 15) is 12.8 Å². The number of hydrogen-bond donors (Lipinski definition) is 1. The molecule has 1 saturated carbocycles. The normalized spacial score (nSPS) is 23.6. The highest BCUT2D eigenvalue weighted by Gasteiger charge is 2.34. The molecule has 2 unspecified atom stereocenters. The molecule has 106 valence electrons. The van der Waals surface area contributed by atoms with Gasteiger partial charge in [0, 0.05) is 18.0 Å². The van der Waals surface area contributed by atoms with E-state index in [1.807, 2.05) is 6.92 Å². The zero-order valence-corrected chi connectivity index (χ0v) is 13.3. The number of benzene rings is 1. The molecular formula is C13H17BrFNO2S. The third kappa shape index (κ3) is 3.28. The number of anilines is 1. The molecule has 1 aliphatic carbocycles. The van der Waals surface area contributed by atoms with Gasteiger partial charge in [0.25, 0.3) is 0 Å². The van der Waals surface area contributed by atoms with Gasteiger partial charge in [-0.2, -0.15) is 0 Å². The van der Waals surface area contributed by atoms with Gasteiger partial charge < -0.3 is 5.32 Å². The zero-order chi connectivity index (χ0) is 14.2. The molecule has 3 nitrogen and oxygen atoms in total. The predicted molar refractivity (Wildman–Crippen MR) is 78.7 cm³/mol. The van der Waals surface area contributed by atoms with E-state index in [-0.39, 0.29) is 17.1 Å². The Hall–Kier alpha value is -0.620.